The van der Waals surface area contributed by atoms with Crippen LogP contribution in [0.25, 0.3) is 0 Å². The van der Waals surface area contributed by atoms with Crippen molar-refractivity contribution < 1.29 is 27.1 Å². The van der Waals surface area contributed by atoms with Crippen LogP contribution in [0, 0.1) is 5.82 Å². The van der Waals surface area contributed by atoms with Crippen LogP contribution in [-0.2, 0) is 22.3 Å². The summed E-state index contributed by atoms with van der Waals surface area (Å²) in [5.41, 5.74) is -1.05. The van der Waals surface area contributed by atoms with Crippen LogP contribution in [0.4, 0.5) is 17.6 Å². The van der Waals surface area contributed by atoms with Gasteiger partial charge in [0.2, 0.25) is 5.91 Å². The Morgan fingerprint density at radius 3 is 2.38 bits per heavy atom. The molecule has 0 aliphatic rings. The van der Waals surface area contributed by atoms with Crippen LogP contribution in [0.2, 0.25) is 0 Å². The molecule has 21 heavy (non-hydrogen) atoms. The molecule has 3 nitrogen and oxygen atoms in total. The van der Waals surface area contributed by atoms with E-state index in [0.29, 0.717) is 6.07 Å². The maximum atomic E-state index is 13.2. The molecular weight excluding hydrogens is 290 g/mol. The van der Waals surface area contributed by atoms with Gasteiger partial charge in [-0.1, -0.05) is 0 Å². The molecule has 0 aliphatic carbocycles. The molecular formula is C14H17F4NO2. The van der Waals surface area contributed by atoms with Gasteiger partial charge in [0.25, 0.3) is 0 Å². The molecule has 0 saturated heterocycles. The summed E-state index contributed by atoms with van der Waals surface area (Å²) < 4.78 is 56.0. The highest BCUT2D eigenvalue weighted by molar-refractivity contribution is 5.80. The molecule has 1 rings (SSSR count). The largest absolute Gasteiger partial charge is 0.416 e. The van der Waals surface area contributed by atoms with Crippen LogP contribution in [0.15, 0.2) is 18.2 Å². The number of nitrogens with one attached hydrogen (secondary N) is 1. The van der Waals surface area contributed by atoms with Gasteiger partial charge in [0, 0.05) is 6.54 Å². The first-order valence-electron chi connectivity index (χ1n) is 6.39. The molecule has 0 unspecified atom stereocenters. The van der Waals surface area contributed by atoms with Crippen LogP contribution < -0.4 is 5.32 Å². The lowest BCUT2D eigenvalue weighted by Gasteiger charge is -2.16. The quantitative estimate of drug-likeness (QED) is 0.848. The third kappa shape index (κ3) is 5.71. The SMILES string of the molecule is CC(C)O[C@H](C)C(=O)NCc1cc(F)cc(C(F)(F)F)c1. The summed E-state index contributed by atoms with van der Waals surface area (Å²) in [7, 11) is 0. The van der Waals surface area contributed by atoms with Gasteiger partial charge in [-0.05, 0) is 44.5 Å². The van der Waals surface area contributed by atoms with Crippen molar-refractivity contribution in [1.82, 2.24) is 5.32 Å². The number of hydrogen-bond acceptors (Lipinski definition) is 2. The highest BCUT2D eigenvalue weighted by Gasteiger charge is 2.31. The van der Waals surface area contributed by atoms with Crippen LogP contribution >= 0.6 is 0 Å². The van der Waals surface area contributed by atoms with Gasteiger partial charge in [-0.15, -0.1) is 0 Å². The Morgan fingerprint density at radius 1 is 1.24 bits per heavy atom. The smallest absolute Gasteiger partial charge is 0.366 e. The second-order valence-corrected chi connectivity index (χ2v) is 4.89. The fourth-order valence-corrected chi connectivity index (χ4v) is 1.72. The van der Waals surface area contributed by atoms with E-state index < -0.39 is 29.6 Å². The van der Waals surface area contributed by atoms with E-state index in [4.69, 9.17) is 4.74 Å². The third-order valence-corrected chi connectivity index (χ3v) is 2.60. The first-order valence-corrected chi connectivity index (χ1v) is 6.39. The molecule has 1 aromatic rings. The maximum absolute atomic E-state index is 13.2. The molecule has 0 spiro atoms. The predicted molar refractivity (Wildman–Crippen MR) is 68.9 cm³/mol. The third-order valence-electron chi connectivity index (χ3n) is 2.60. The van der Waals surface area contributed by atoms with E-state index in [1.165, 1.54) is 6.92 Å². The summed E-state index contributed by atoms with van der Waals surface area (Å²) in [5.74, 6) is -1.47. The number of amides is 1. The van der Waals surface area contributed by atoms with Gasteiger partial charge in [0.1, 0.15) is 11.9 Å². The Kier molecular flexibility index (Phi) is 5.71. The van der Waals surface area contributed by atoms with E-state index in [2.05, 4.69) is 5.32 Å². The number of hydrogen-bond donors (Lipinski definition) is 1. The number of halogens is 4. The first kappa shape index (κ1) is 17.4. The second-order valence-electron chi connectivity index (χ2n) is 4.89. The fraction of sp³-hybridized carbons (Fsp3) is 0.500. The summed E-state index contributed by atoms with van der Waals surface area (Å²) >= 11 is 0. The number of benzene rings is 1. The normalized spacial score (nSPS) is 13.3. The van der Waals surface area contributed by atoms with Crippen LogP contribution in [0.5, 0.6) is 0 Å². The maximum Gasteiger partial charge on any atom is 0.416 e. The zero-order valence-corrected chi connectivity index (χ0v) is 11.9. The first-order chi connectivity index (χ1) is 9.59. The Labute approximate surface area is 120 Å². The van der Waals surface area contributed by atoms with Crippen LogP contribution in [0.3, 0.4) is 0 Å². The van der Waals surface area contributed by atoms with E-state index in [-0.39, 0.29) is 18.2 Å². The molecule has 7 heteroatoms. The van der Waals surface area contributed by atoms with Gasteiger partial charge in [-0.25, -0.2) is 4.39 Å². The Hall–Kier alpha value is -1.63. The van der Waals surface area contributed by atoms with E-state index in [9.17, 15) is 22.4 Å². The van der Waals surface area contributed by atoms with Gasteiger partial charge >= 0.3 is 6.18 Å². The minimum Gasteiger partial charge on any atom is -0.366 e. The number of carbonyl (C=O) groups is 1. The monoisotopic (exact) mass is 307 g/mol. The van der Waals surface area contributed by atoms with E-state index >= 15 is 0 Å². The van der Waals surface area contributed by atoms with Crippen molar-refractivity contribution >= 4 is 5.91 Å². The zero-order chi connectivity index (χ0) is 16.2. The Bertz CT molecular complexity index is 500. The van der Waals surface area contributed by atoms with Gasteiger partial charge < -0.3 is 10.1 Å². The minimum atomic E-state index is -4.63. The summed E-state index contributed by atoms with van der Waals surface area (Å²) in [5, 5.41) is 2.41. The standard InChI is InChI=1S/C14H17F4NO2/c1-8(2)21-9(3)13(20)19-7-10-4-11(14(16,17)18)6-12(15)5-10/h4-6,8-9H,7H2,1-3H3,(H,19,20)/t9-/m1/s1. The molecule has 0 saturated carbocycles. The highest BCUT2D eigenvalue weighted by atomic mass is 19.4. The summed E-state index contributed by atoms with van der Waals surface area (Å²) in [6.45, 7) is 4.84. The van der Waals surface area contributed by atoms with E-state index in [1.54, 1.807) is 13.8 Å². The second kappa shape index (κ2) is 6.89. The molecule has 1 N–H and O–H groups in total. The number of ether oxygens (including phenoxy) is 1. The molecule has 0 radical (unpaired) electrons. The minimum absolute atomic E-state index is 0.0346. The number of alkyl halides is 3. The van der Waals surface area contributed by atoms with Crippen LogP contribution in [-0.4, -0.2) is 18.1 Å². The van der Waals surface area contributed by atoms with Crippen molar-refractivity contribution in [3.63, 3.8) is 0 Å². The van der Waals surface area contributed by atoms with Crippen molar-refractivity contribution in [2.75, 3.05) is 0 Å². The lowest BCUT2D eigenvalue weighted by Crippen LogP contribution is -2.35. The summed E-state index contributed by atoms with van der Waals surface area (Å²) in [6, 6.07) is 2.16. The van der Waals surface area contributed by atoms with Gasteiger partial charge in [0.15, 0.2) is 0 Å². The molecule has 0 aromatic heterocycles. The number of carbonyl (C=O) groups excluding carboxylic acids is 1. The van der Waals surface area contributed by atoms with Crippen molar-refractivity contribution in [3.8, 4) is 0 Å². The molecule has 0 fully saturated rings. The van der Waals surface area contributed by atoms with Crippen molar-refractivity contribution in [2.24, 2.45) is 0 Å². The predicted octanol–water partition coefficient (Wildman–Crippen LogP) is 3.27. The average molecular weight is 307 g/mol. The van der Waals surface area contributed by atoms with E-state index in [0.717, 1.165) is 12.1 Å². The molecule has 1 atom stereocenters. The summed E-state index contributed by atoms with van der Waals surface area (Å²) in [6.07, 6.45) is -5.52. The number of rotatable bonds is 5. The Morgan fingerprint density at radius 2 is 1.86 bits per heavy atom. The van der Waals surface area contributed by atoms with Crippen LogP contribution in [0.1, 0.15) is 31.9 Å². The zero-order valence-electron chi connectivity index (χ0n) is 11.9. The molecule has 118 valence electrons. The highest BCUT2D eigenvalue weighted by Crippen LogP contribution is 2.30. The summed E-state index contributed by atoms with van der Waals surface area (Å²) in [4.78, 5) is 11.7. The lowest BCUT2D eigenvalue weighted by atomic mass is 10.1. The van der Waals surface area contributed by atoms with E-state index in [1.807, 2.05) is 0 Å². The lowest BCUT2D eigenvalue weighted by molar-refractivity contribution is -0.137. The van der Waals surface area contributed by atoms with Gasteiger partial charge in [0.05, 0.1) is 11.7 Å². The van der Waals surface area contributed by atoms with Gasteiger partial charge in [-0.2, -0.15) is 13.2 Å². The molecule has 1 amide bonds. The molecule has 0 aliphatic heterocycles. The fourth-order valence-electron chi connectivity index (χ4n) is 1.72. The average Bonchev–Trinajstić information content (AvgIpc) is 2.33. The topological polar surface area (TPSA) is 38.3 Å². The van der Waals surface area contributed by atoms with Crippen molar-refractivity contribution in [2.45, 2.75) is 45.7 Å². The van der Waals surface area contributed by atoms with Crippen molar-refractivity contribution in [3.05, 3.63) is 35.1 Å². The molecule has 0 bridgehead atoms. The molecule has 1 aromatic carbocycles. The van der Waals surface area contributed by atoms with Crippen molar-refractivity contribution in [1.29, 1.82) is 0 Å². The molecule has 0 heterocycles. The Balaban J connectivity index is 2.72. The van der Waals surface area contributed by atoms with Gasteiger partial charge in [-0.3, -0.25) is 4.79 Å².